The zero-order chi connectivity index (χ0) is 25.5. The largest absolute Gasteiger partial charge is 0.507 e. The highest BCUT2D eigenvalue weighted by Crippen LogP contribution is 2.38. The Kier molecular flexibility index (Phi) is 8.98. The molecule has 0 radical (unpaired) electrons. The lowest BCUT2D eigenvalue weighted by Crippen LogP contribution is -2.31. The summed E-state index contributed by atoms with van der Waals surface area (Å²) in [7, 11) is 0. The number of benzene rings is 2. The average molecular weight is 487 g/mol. The molecule has 0 spiro atoms. The Morgan fingerprint density at radius 2 is 1.63 bits per heavy atom. The minimum Gasteiger partial charge on any atom is -0.507 e. The minimum absolute atomic E-state index is 0.0432. The van der Waals surface area contributed by atoms with E-state index in [9.17, 15) is 24.9 Å². The average Bonchev–Trinajstić information content (AvgIpc) is 2.83. The van der Waals surface area contributed by atoms with Gasteiger partial charge in [0.15, 0.2) is 11.9 Å². The van der Waals surface area contributed by atoms with Crippen molar-refractivity contribution in [3.8, 4) is 23.0 Å². The summed E-state index contributed by atoms with van der Waals surface area (Å²) >= 11 is 0. The number of aliphatic carboxylic acids is 1. The monoisotopic (exact) mass is 486 g/mol. The first-order chi connectivity index (χ1) is 16.8. The number of carboxylic acid groups (broad SMARTS) is 1. The van der Waals surface area contributed by atoms with Crippen molar-refractivity contribution in [2.24, 2.45) is 0 Å². The molecule has 2 aromatic carbocycles. The first-order valence-electron chi connectivity index (χ1n) is 12.1. The van der Waals surface area contributed by atoms with Crippen molar-refractivity contribution < 1.29 is 39.1 Å². The second kappa shape index (κ2) is 11.9. The van der Waals surface area contributed by atoms with Gasteiger partial charge in [0.25, 0.3) is 0 Å². The summed E-state index contributed by atoms with van der Waals surface area (Å²) < 4.78 is 17.5. The van der Waals surface area contributed by atoms with E-state index in [-0.39, 0.29) is 30.3 Å². The van der Waals surface area contributed by atoms with Gasteiger partial charge in [-0.15, -0.1) is 0 Å². The van der Waals surface area contributed by atoms with Gasteiger partial charge in [0.2, 0.25) is 0 Å². The van der Waals surface area contributed by atoms with Crippen molar-refractivity contribution in [2.75, 3.05) is 13.2 Å². The van der Waals surface area contributed by atoms with Crippen LogP contribution in [0.3, 0.4) is 0 Å². The minimum atomic E-state index is -0.984. The number of phenolic OH excluding ortho intramolecular Hbond substituents is 1. The number of aryl methyl sites for hydroxylation is 1. The molecule has 3 rings (SSSR count). The number of carbonyl (C=O) groups is 2. The lowest BCUT2D eigenvalue weighted by Gasteiger charge is -2.27. The highest BCUT2D eigenvalue weighted by Gasteiger charge is 2.29. The number of hydrogen-bond donors (Lipinski definition) is 3. The fraction of sp³-hybridized carbons (Fsp3) is 0.481. The van der Waals surface area contributed by atoms with Crippen LogP contribution in [-0.4, -0.2) is 52.5 Å². The SMILES string of the molecule is CCCc1c(OCC(O)COc2ccc3c(c2CCC)OC(C(=O)O)CC3)ccc(C(C)=O)c1O. The number of Topliss-reactive ketones (excluding diaryl/α,β-unsaturated/α-hetero) is 1. The van der Waals surface area contributed by atoms with Crippen LogP contribution >= 0.6 is 0 Å². The van der Waals surface area contributed by atoms with Crippen LogP contribution in [0.25, 0.3) is 0 Å². The van der Waals surface area contributed by atoms with Gasteiger partial charge in [0, 0.05) is 11.1 Å². The molecule has 1 heterocycles. The normalized spacial score (nSPS) is 15.6. The molecule has 0 fully saturated rings. The number of ether oxygens (including phenoxy) is 3. The fourth-order valence-electron chi connectivity index (χ4n) is 4.23. The van der Waals surface area contributed by atoms with Gasteiger partial charge < -0.3 is 29.5 Å². The molecule has 2 unspecified atom stereocenters. The number of ketones is 1. The predicted molar refractivity (Wildman–Crippen MR) is 130 cm³/mol. The molecule has 35 heavy (non-hydrogen) atoms. The molecule has 3 N–H and O–H groups in total. The lowest BCUT2D eigenvalue weighted by molar-refractivity contribution is -0.145. The van der Waals surface area contributed by atoms with Gasteiger partial charge in [-0.3, -0.25) is 4.79 Å². The lowest BCUT2D eigenvalue weighted by atomic mass is 9.96. The van der Waals surface area contributed by atoms with E-state index in [0.717, 1.165) is 24.0 Å². The summed E-state index contributed by atoms with van der Waals surface area (Å²) in [5.41, 5.74) is 2.55. The van der Waals surface area contributed by atoms with E-state index in [2.05, 4.69) is 0 Å². The number of phenols is 1. The van der Waals surface area contributed by atoms with E-state index < -0.39 is 18.2 Å². The van der Waals surface area contributed by atoms with Gasteiger partial charge in [-0.25, -0.2) is 4.79 Å². The van der Waals surface area contributed by atoms with E-state index in [0.29, 0.717) is 48.5 Å². The first-order valence-corrected chi connectivity index (χ1v) is 12.1. The van der Waals surface area contributed by atoms with E-state index in [1.807, 2.05) is 26.0 Å². The van der Waals surface area contributed by atoms with Crippen molar-refractivity contribution in [1.82, 2.24) is 0 Å². The Morgan fingerprint density at radius 3 is 2.23 bits per heavy atom. The van der Waals surface area contributed by atoms with Crippen molar-refractivity contribution >= 4 is 11.8 Å². The molecule has 0 bridgehead atoms. The molecule has 0 aromatic heterocycles. The number of aliphatic hydroxyl groups is 1. The van der Waals surface area contributed by atoms with Crippen LogP contribution in [0.15, 0.2) is 24.3 Å². The second-order valence-electron chi connectivity index (χ2n) is 8.78. The van der Waals surface area contributed by atoms with Crippen molar-refractivity contribution in [3.63, 3.8) is 0 Å². The van der Waals surface area contributed by atoms with Gasteiger partial charge in [0.1, 0.15) is 42.3 Å². The molecule has 8 heteroatoms. The molecule has 2 atom stereocenters. The number of fused-ring (bicyclic) bond motifs is 1. The van der Waals surface area contributed by atoms with Crippen LogP contribution in [0.4, 0.5) is 0 Å². The Hall–Kier alpha value is -3.26. The summed E-state index contributed by atoms with van der Waals surface area (Å²) in [6.45, 7) is 5.26. The molecule has 0 aliphatic carbocycles. The molecule has 0 saturated carbocycles. The number of carboxylic acids is 1. The van der Waals surface area contributed by atoms with Crippen molar-refractivity contribution in [3.05, 3.63) is 46.5 Å². The predicted octanol–water partition coefficient (Wildman–Crippen LogP) is 4.10. The third-order valence-corrected chi connectivity index (χ3v) is 5.99. The van der Waals surface area contributed by atoms with E-state index in [1.165, 1.54) is 13.0 Å². The Morgan fingerprint density at radius 1 is 1.03 bits per heavy atom. The molecule has 0 amide bonds. The van der Waals surface area contributed by atoms with Crippen molar-refractivity contribution in [1.29, 1.82) is 0 Å². The zero-order valence-corrected chi connectivity index (χ0v) is 20.5. The molecule has 1 aliphatic heterocycles. The van der Waals surface area contributed by atoms with Crippen LogP contribution < -0.4 is 14.2 Å². The number of carbonyl (C=O) groups excluding carboxylic acids is 1. The van der Waals surface area contributed by atoms with Crippen LogP contribution in [0.1, 0.15) is 67.1 Å². The Labute approximate surface area is 205 Å². The molecule has 0 saturated heterocycles. The second-order valence-corrected chi connectivity index (χ2v) is 8.78. The highest BCUT2D eigenvalue weighted by molar-refractivity contribution is 5.97. The van der Waals surface area contributed by atoms with E-state index in [1.54, 1.807) is 6.07 Å². The van der Waals surface area contributed by atoms with Gasteiger partial charge in [0.05, 0.1) is 5.56 Å². The van der Waals surface area contributed by atoms with Gasteiger partial charge >= 0.3 is 5.97 Å². The van der Waals surface area contributed by atoms with Crippen LogP contribution in [0.5, 0.6) is 23.0 Å². The number of aliphatic hydroxyl groups excluding tert-OH is 1. The quantitative estimate of drug-likeness (QED) is 0.383. The maximum Gasteiger partial charge on any atom is 0.344 e. The van der Waals surface area contributed by atoms with Crippen LogP contribution in [-0.2, 0) is 24.1 Å². The Bertz CT molecular complexity index is 1060. The van der Waals surface area contributed by atoms with Gasteiger partial charge in [-0.2, -0.15) is 0 Å². The standard InChI is InChI=1S/C27H34O8/c1-4-6-20-22(13-10-19(16(3)28)25(20)30)33-14-18(29)15-34-23-11-8-17-9-12-24(27(31)32)35-26(17)21(23)7-5-2/h8,10-11,13,18,24,29-30H,4-7,9,12,14-15H2,1-3H3,(H,31,32). The summed E-state index contributed by atoms with van der Waals surface area (Å²) in [5, 5.41) is 30.3. The number of rotatable bonds is 12. The van der Waals surface area contributed by atoms with E-state index >= 15 is 0 Å². The topological polar surface area (TPSA) is 123 Å². The number of hydrogen-bond acceptors (Lipinski definition) is 7. The fourth-order valence-corrected chi connectivity index (χ4v) is 4.23. The van der Waals surface area contributed by atoms with Crippen LogP contribution in [0, 0.1) is 0 Å². The third kappa shape index (κ3) is 6.25. The Balaban J connectivity index is 1.69. The summed E-state index contributed by atoms with van der Waals surface area (Å²) in [6.07, 6.45) is 1.95. The molecular formula is C27H34O8. The summed E-state index contributed by atoms with van der Waals surface area (Å²) in [6, 6.07) is 6.86. The summed E-state index contributed by atoms with van der Waals surface area (Å²) in [4.78, 5) is 23.2. The molecule has 1 aliphatic rings. The molecule has 2 aromatic rings. The van der Waals surface area contributed by atoms with Gasteiger partial charge in [-0.05, 0) is 56.4 Å². The zero-order valence-electron chi connectivity index (χ0n) is 20.5. The van der Waals surface area contributed by atoms with E-state index in [4.69, 9.17) is 14.2 Å². The van der Waals surface area contributed by atoms with Crippen molar-refractivity contribution in [2.45, 2.75) is 71.5 Å². The third-order valence-electron chi connectivity index (χ3n) is 5.99. The maximum absolute atomic E-state index is 11.7. The first kappa shape index (κ1) is 26.3. The van der Waals surface area contributed by atoms with Gasteiger partial charge in [-0.1, -0.05) is 32.8 Å². The molecule has 190 valence electrons. The summed E-state index contributed by atoms with van der Waals surface area (Å²) in [5.74, 6) is 0.237. The maximum atomic E-state index is 11.7. The molecular weight excluding hydrogens is 452 g/mol. The smallest absolute Gasteiger partial charge is 0.344 e. The van der Waals surface area contributed by atoms with Crippen LogP contribution in [0.2, 0.25) is 0 Å². The number of aromatic hydroxyl groups is 1. The molecule has 8 nitrogen and oxygen atoms in total. The highest BCUT2D eigenvalue weighted by atomic mass is 16.5.